The predicted octanol–water partition coefficient (Wildman–Crippen LogP) is 4.51. The van der Waals surface area contributed by atoms with E-state index < -0.39 is 0 Å². The van der Waals surface area contributed by atoms with E-state index in [9.17, 15) is 0 Å². The Morgan fingerprint density at radius 1 is 1.00 bits per heavy atom. The molecule has 0 bridgehead atoms. The molecule has 6 nitrogen and oxygen atoms in total. The number of anilines is 1. The van der Waals surface area contributed by atoms with Crippen molar-refractivity contribution < 1.29 is 0 Å². The van der Waals surface area contributed by atoms with Gasteiger partial charge < -0.3 is 14.4 Å². The van der Waals surface area contributed by atoms with Gasteiger partial charge in [-0.25, -0.2) is 4.98 Å². The van der Waals surface area contributed by atoms with Gasteiger partial charge in [-0.1, -0.05) is 30.3 Å². The minimum atomic E-state index is 1.01. The number of benzene rings is 2. The van der Waals surface area contributed by atoms with Crippen molar-refractivity contribution in [2.45, 2.75) is 13.0 Å². The summed E-state index contributed by atoms with van der Waals surface area (Å²) < 4.78 is 4.35. The van der Waals surface area contributed by atoms with Gasteiger partial charge in [0.2, 0.25) is 0 Å². The molecule has 5 aromatic rings. The molecule has 1 aliphatic rings. The fraction of sp³-hybridized carbons (Fsp3) is 0.308. The van der Waals surface area contributed by atoms with Crippen molar-refractivity contribution in [2.24, 2.45) is 7.05 Å². The Hall–Kier alpha value is -3.38. The lowest BCUT2D eigenvalue weighted by atomic mass is 10.0. The third-order valence-corrected chi connectivity index (χ3v) is 6.63. The maximum absolute atomic E-state index is 5.25. The number of hydrogen-bond acceptors (Lipinski definition) is 4. The molecule has 0 fully saturated rings. The molecule has 0 atom stereocenters. The van der Waals surface area contributed by atoms with Crippen LogP contribution in [0, 0.1) is 0 Å². The zero-order valence-corrected chi connectivity index (χ0v) is 18.9. The molecular formula is C26H28N6. The predicted molar refractivity (Wildman–Crippen MR) is 132 cm³/mol. The second-order valence-corrected chi connectivity index (χ2v) is 9.10. The second-order valence-electron chi connectivity index (χ2n) is 9.10. The van der Waals surface area contributed by atoms with Crippen molar-refractivity contribution in [3.8, 4) is 11.1 Å². The van der Waals surface area contributed by atoms with Crippen LogP contribution in [-0.2, 0) is 13.6 Å². The van der Waals surface area contributed by atoms with E-state index in [2.05, 4.69) is 82.2 Å². The molecule has 3 aromatic heterocycles. The number of likely N-dealkylation sites (N-methyl/N-ethyl adjacent to an activating group) is 1. The van der Waals surface area contributed by atoms with Crippen LogP contribution < -0.4 is 4.90 Å². The summed E-state index contributed by atoms with van der Waals surface area (Å²) in [7, 11) is 6.25. The van der Waals surface area contributed by atoms with E-state index in [4.69, 9.17) is 4.98 Å². The summed E-state index contributed by atoms with van der Waals surface area (Å²) in [5.41, 5.74) is 8.34. The molecule has 0 saturated carbocycles. The van der Waals surface area contributed by atoms with E-state index in [1.807, 2.05) is 17.9 Å². The highest BCUT2D eigenvalue weighted by molar-refractivity contribution is 6.17. The highest BCUT2D eigenvalue weighted by Gasteiger charge is 2.24. The molecule has 0 saturated heterocycles. The van der Waals surface area contributed by atoms with Crippen LogP contribution in [0.2, 0.25) is 0 Å². The molecule has 0 aliphatic carbocycles. The van der Waals surface area contributed by atoms with Gasteiger partial charge in [0.05, 0.1) is 34.0 Å². The first-order chi connectivity index (χ1) is 15.6. The summed E-state index contributed by atoms with van der Waals surface area (Å²) in [5.74, 6) is 0. The Morgan fingerprint density at radius 2 is 1.88 bits per heavy atom. The Bertz CT molecular complexity index is 1460. The van der Waals surface area contributed by atoms with Gasteiger partial charge >= 0.3 is 0 Å². The van der Waals surface area contributed by atoms with Crippen molar-refractivity contribution in [1.82, 2.24) is 24.2 Å². The first kappa shape index (κ1) is 19.3. The number of hydrogen-bond donors (Lipinski definition) is 0. The summed E-state index contributed by atoms with van der Waals surface area (Å²) in [6.45, 7) is 4.12. The van der Waals surface area contributed by atoms with E-state index in [1.165, 1.54) is 27.5 Å². The zero-order valence-electron chi connectivity index (χ0n) is 18.9. The molecule has 0 N–H and O–H groups in total. The van der Waals surface area contributed by atoms with Crippen LogP contribution in [0.1, 0.15) is 6.42 Å². The quantitative estimate of drug-likeness (QED) is 0.426. The van der Waals surface area contributed by atoms with Crippen LogP contribution in [0.5, 0.6) is 0 Å². The van der Waals surface area contributed by atoms with E-state index in [1.54, 1.807) is 0 Å². The Morgan fingerprint density at radius 3 is 2.69 bits per heavy atom. The number of aryl methyl sites for hydroxylation is 2. The summed E-state index contributed by atoms with van der Waals surface area (Å²) in [6, 6.07) is 15.4. The van der Waals surface area contributed by atoms with Gasteiger partial charge in [0, 0.05) is 55.8 Å². The SMILES string of the molecule is CN(C)CCN1CCCn2c3ccccc3c3nc4cc(-c5cnn(C)c5)ccc4c1c32. The summed E-state index contributed by atoms with van der Waals surface area (Å²) in [5, 5.41) is 6.83. The topological polar surface area (TPSA) is 42.1 Å². The highest BCUT2D eigenvalue weighted by Crippen LogP contribution is 2.41. The van der Waals surface area contributed by atoms with Crippen LogP contribution >= 0.6 is 0 Å². The fourth-order valence-electron chi connectivity index (χ4n) is 5.09. The molecule has 32 heavy (non-hydrogen) atoms. The van der Waals surface area contributed by atoms with Crippen LogP contribution in [0.4, 0.5) is 5.69 Å². The first-order valence-corrected chi connectivity index (χ1v) is 11.3. The Kier molecular flexibility index (Phi) is 4.43. The number of rotatable bonds is 4. The van der Waals surface area contributed by atoms with E-state index in [0.29, 0.717) is 0 Å². The summed E-state index contributed by atoms with van der Waals surface area (Å²) in [6.07, 6.45) is 5.11. The minimum absolute atomic E-state index is 1.01. The number of nitrogens with zero attached hydrogens (tertiary/aromatic N) is 6. The highest BCUT2D eigenvalue weighted by atomic mass is 15.2. The van der Waals surface area contributed by atoms with E-state index >= 15 is 0 Å². The first-order valence-electron chi connectivity index (χ1n) is 11.3. The van der Waals surface area contributed by atoms with E-state index in [-0.39, 0.29) is 0 Å². The second kappa shape index (κ2) is 7.35. The third kappa shape index (κ3) is 2.98. The Balaban J connectivity index is 1.67. The maximum Gasteiger partial charge on any atom is 0.0988 e. The van der Waals surface area contributed by atoms with Crippen LogP contribution in [-0.4, -0.2) is 58.0 Å². The van der Waals surface area contributed by atoms with Crippen molar-refractivity contribution in [2.75, 3.05) is 38.6 Å². The van der Waals surface area contributed by atoms with Crippen LogP contribution in [0.15, 0.2) is 54.9 Å². The van der Waals surface area contributed by atoms with Gasteiger partial charge in [-0.15, -0.1) is 0 Å². The van der Waals surface area contributed by atoms with Gasteiger partial charge in [0.15, 0.2) is 0 Å². The average molecular weight is 425 g/mol. The number of aromatic nitrogens is 4. The molecule has 0 unspecified atom stereocenters. The maximum atomic E-state index is 5.25. The molecule has 6 heteroatoms. The van der Waals surface area contributed by atoms with Crippen LogP contribution in [0.3, 0.4) is 0 Å². The number of fused-ring (bicyclic) bond motifs is 5. The normalized spacial score (nSPS) is 14.2. The fourth-order valence-corrected chi connectivity index (χ4v) is 5.09. The summed E-state index contributed by atoms with van der Waals surface area (Å²) >= 11 is 0. The molecule has 4 heterocycles. The van der Waals surface area contributed by atoms with E-state index in [0.717, 1.165) is 54.8 Å². The van der Waals surface area contributed by atoms with Gasteiger partial charge in [-0.3, -0.25) is 4.68 Å². The minimum Gasteiger partial charge on any atom is -0.368 e. The number of pyridine rings is 1. The molecule has 162 valence electrons. The molecule has 0 spiro atoms. The standard InChI is InChI=1S/C26H28N6/c1-29(2)13-14-31-11-6-12-32-23-8-5-4-7-21(23)24-26(32)25(31)20-10-9-18(15-22(20)28-24)19-16-27-30(3)17-19/h4-5,7-10,15-17H,6,11-14H2,1-3H3. The lowest BCUT2D eigenvalue weighted by Crippen LogP contribution is -2.32. The van der Waals surface area contributed by atoms with Crippen molar-refractivity contribution in [3.63, 3.8) is 0 Å². The lowest BCUT2D eigenvalue weighted by Gasteiger charge is -2.27. The molecule has 6 rings (SSSR count). The molecule has 0 amide bonds. The Labute approximate surface area is 187 Å². The lowest BCUT2D eigenvalue weighted by molar-refractivity contribution is 0.412. The van der Waals surface area contributed by atoms with Crippen molar-refractivity contribution in [3.05, 3.63) is 54.9 Å². The van der Waals surface area contributed by atoms with Crippen LogP contribution in [0.25, 0.3) is 44.0 Å². The average Bonchev–Trinajstić information content (AvgIpc) is 3.29. The summed E-state index contributed by atoms with van der Waals surface area (Å²) in [4.78, 5) is 10.1. The van der Waals surface area contributed by atoms with Gasteiger partial charge in [-0.2, -0.15) is 5.10 Å². The molecule has 0 radical (unpaired) electrons. The van der Waals surface area contributed by atoms with Gasteiger partial charge in [0.25, 0.3) is 0 Å². The van der Waals surface area contributed by atoms with Crippen molar-refractivity contribution >= 4 is 38.5 Å². The molecular weight excluding hydrogens is 396 g/mol. The molecule has 2 aromatic carbocycles. The van der Waals surface area contributed by atoms with Crippen molar-refractivity contribution in [1.29, 1.82) is 0 Å². The largest absolute Gasteiger partial charge is 0.368 e. The third-order valence-electron chi connectivity index (χ3n) is 6.63. The number of para-hydroxylation sites is 1. The van der Waals surface area contributed by atoms with Gasteiger partial charge in [-0.05, 0) is 38.2 Å². The monoisotopic (exact) mass is 424 g/mol. The molecule has 1 aliphatic heterocycles. The van der Waals surface area contributed by atoms with Gasteiger partial charge in [0.1, 0.15) is 0 Å². The smallest absolute Gasteiger partial charge is 0.0988 e. The zero-order chi connectivity index (χ0) is 21.8.